The van der Waals surface area contributed by atoms with Crippen molar-refractivity contribution in [1.82, 2.24) is 15.5 Å². The van der Waals surface area contributed by atoms with Crippen molar-refractivity contribution >= 4 is 34.1 Å². The number of benzene rings is 1. The maximum absolute atomic E-state index is 12.3. The fraction of sp³-hybridized carbons (Fsp3) is 0.526. The average molecular weight is 439 g/mol. The summed E-state index contributed by atoms with van der Waals surface area (Å²) in [6.45, 7) is 7.27. The predicted molar refractivity (Wildman–Crippen MR) is 114 cm³/mol. The molecule has 2 N–H and O–H groups in total. The number of ether oxygens (including phenoxy) is 3. The first-order valence-corrected chi connectivity index (χ1v) is 11.4. The van der Waals surface area contributed by atoms with Crippen LogP contribution in [0.3, 0.4) is 0 Å². The van der Waals surface area contributed by atoms with E-state index in [0.717, 1.165) is 52.7 Å². The minimum absolute atomic E-state index is 0.0567. The number of hydrogen-bond donors (Lipinski definition) is 2. The van der Waals surface area contributed by atoms with Crippen molar-refractivity contribution in [3.8, 4) is 11.5 Å². The van der Waals surface area contributed by atoms with Crippen molar-refractivity contribution in [2.24, 2.45) is 0 Å². The highest BCUT2D eigenvalue weighted by Crippen LogP contribution is 2.32. The summed E-state index contributed by atoms with van der Waals surface area (Å²) in [4.78, 5) is 12.3. The first kappa shape index (κ1) is 21.7. The van der Waals surface area contributed by atoms with Crippen LogP contribution >= 0.6 is 23.1 Å². The van der Waals surface area contributed by atoms with Gasteiger partial charge in [0, 0.05) is 19.8 Å². The van der Waals surface area contributed by atoms with E-state index in [4.69, 9.17) is 14.2 Å². The van der Waals surface area contributed by atoms with Crippen molar-refractivity contribution in [1.29, 1.82) is 0 Å². The molecular weight excluding hydrogens is 412 g/mol. The Balaban J connectivity index is 1.40. The highest BCUT2D eigenvalue weighted by atomic mass is 32.2. The van der Waals surface area contributed by atoms with Crippen molar-refractivity contribution in [3.63, 3.8) is 0 Å². The Morgan fingerprint density at radius 2 is 2.14 bits per heavy atom. The van der Waals surface area contributed by atoms with Crippen LogP contribution in [0.15, 0.2) is 22.5 Å². The van der Waals surface area contributed by atoms with E-state index in [0.29, 0.717) is 13.2 Å². The van der Waals surface area contributed by atoms with Crippen LogP contribution in [0.5, 0.6) is 11.5 Å². The van der Waals surface area contributed by atoms with Crippen LogP contribution in [0.2, 0.25) is 0 Å². The number of carbonyl (C=O) groups is 1. The van der Waals surface area contributed by atoms with Crippen molar-refractivity contribution in [2.75, 3.05) is 44.0 Å². The van der Waals surface area contributed by atoms with E-state index in [-0.39, 0.29) is 17.7 Å². The van der Waals surface area contributed by atoms with Crippen molar-refractivity contribution in [3.05, 3.63) is 23.8 Å². The largest absolute Gasteiger partial charge is 0.486 e. The van der Waals surface area contributed by atoms with Gasteiger partial charge in [-0.05, 0) is 38.0 Å². The van der Waals surface area contributed by atoms with Crippen LogP contribution in [0.1, 0.15) is 31.9 Å². The van der Waals surface area contributed by atoms with Gasteiger partial charge >= 0.3 is 0 Å². The number of hydrogen-bond acceptors (Lipinski definition) is 9. The maximum Gasteiger partial charge on any atom is 0.230 e. The fourth-order valence-corrected chi connectivity index (χ4v) is 4.27. The van der Waals surface area contributed by atoms with Gasteiger partial charge in [0.25, 0.3) is 0 Å². The maximum atomic E-state index is 12.3. The Labute approximate surface area is 178 Å². The van der Waals surface area contributed by atoms with Gasteiger partial charge < -0.3 is 24.8 Å². The summed E-state index contributed by atoms with van der Waals surface area (Å²) in [6.07, 6.45) is 0.913. The van der Waals surface area contributed by atoms with Crippen LogP contribution in [0, 0.1) is 0 Å². The number of rotatable bonds is 11. The third-order valence-corrected chi connectivity index (χ3v) is 6.14. The second-order valence-electron chi connectivity index (χ2n) is 6.33. The van der Waals surface area contributed by atoms with Gasteiger partial charge in [-0.1, -0.05) is 29.2 Å². The summed E-state index contributed by atoms with van der Waals surface area (Å²) in [7, 11) is 0. The number of amides is 1. The standard InChI is InChI=1S/C19H26N4O4S2/c1-3-25-8-4-7-20-18-22-23-19(29-18)28-12-17(24)21-13(2)14-5-6-15-16(11-14)27-10-9-26-15/h5-6,11,13H,3-4,7-10,12H2,1-2H3,(H,20,22)(H,21,24)/t13-/m1/s1. The normalized spacial score (nSPS) is 13.7. The number of anilines is 1. The van der Waals surface area contributed by atoms with Gasteiger partial charge in [0.1, 0.15) is 13.2 Å². The molecule has 158 valence electrons. The molecule has 1 aliphatic heterocycles. The summed E-state index contributed by atoms with van der Waals surface area (Å²) < 4.78 is 17.2. The fourth-order valence-electron chi connectivity index (χ4n) is 2.68. The molecule has 0 aliphatic carbocycles. The Morgan fingerprint density at radius 3 is 2.97 bits per heavy atom. The van der Waals surface area contributed by atoms with E-state index in [1.807, 2.05) is 32.0 Å². The van der Waals surface area contributed by atoms with Gasteiger partial charge in [0.2, 0.25) is 11.0 Å². The minimum atomic E-state index is -0.129. The van der Waals surface area contributed by atoms with E-state index in [2.05, 4.69) is 20.8 Å². The van der Waals surface area contributed by atoms with Gasteiger partial charge in [0.15, 0.2) is 15.8 Å². The van der Waals surface area contributed by atoms with Gasteiger partial charge in [-0.15, -0.1) is 10.2 Å². The third-order valence-electron chi connectivity index (χ3n) is 4.12. The van der Waals surface area contributed by atoms with Crippen LogP contribution in [-0.4, -0.2) is 54.8 Å². The number of aromatic nitrogens is 2. The molecule has 2 aromatic rings. The lowest BCUT2D eigenvalue weighted by atomic mass is 10.1. The molecule has 1 aliphatic rings. The van der Waals surface area contributed by atoms with Gasteiger partial charge in [-0.3, -0.25) is 4.79 Å². The summed E-state index contributed by atoms with van der Waals surface area (Å²) >= 11 is 2.83. The lowest BCUT2D eigenvalue weighted by molar-refractivity contribution is -0.119. The molecule has 1 amide bonds. The molecule has 8 nitrogen and oxygen atoms in total. The smallest absolute Gasteiger partial charge is 0.230 e. The summed E-state index contributed by atoms with van der Waals surface area (Å²) in [6, 6.07) is 5.61. The van der Waals surface area contributed by atoms with E-state index < -0.39 is 0 Å². The summed E-state index contributed by atoms with van der Waals surface area (Å²) in [5.41, 5.74) is 0.974. The molecule has 0 spiro atoms. The number of fused-ring (bicyclic) bond motifs is 1. The third kappa shape index (κ3) is 6.76. The monoisotopic (exact) mass is 438 g/mol. The molecule has 0 unspecified atom stereocenters. The van der Waals surface area contributed by atoms with Crippen LogP contribution in [-0.2, 0) is 9.53 Å². The second-order valence-corrected chi connectivity index (χ2v) is 8.53. The van der Waals surface area contributed by atoms with E-state index in [9.17, 15) is 4.79 Å². The number of nitrogens with one attached hydrogen (secondary N) is 2. The second kappa shape index (κ2) is 11.2. The zero-order valence-electron chi connectivity index (χ0n) is 16.6. The lowest BCUT2D eigenvalue weighted by Crippen LogP contribution is -2.28. The molecule has 1 atom stereocenters. The molecule has 1 aromatic carbocycles. The minimum Gasteiger partial charge on any atom is -0.486 e. The zero-order valence-corrected chi connectivity index (χ0v) is 18.2. The summed E-state index contributed by atoms with van der Waals surface area (Å²) in [5.74, 6) is 1.69. The molecular formula is C19H26N4O4S2. The van der Waals surface area contributed by atoms with Gasteiger partial charge in [-0.25, -0.2) is 0 Å². The molecule has 0 radical (unpaired) electrons. The highest BCUT2D eigenvalue weighted by molar-refractivity contribution is 8.01. The summed E-state index contributed by atoms with van der Waals surface area (Å²) in [5, 5.41) is 15.2. The molecule has 0 saturated carbocycles. The molecule has 0 saturated heterocycles. The SMILES string of the molecule is CCOCCCNc1nnc(SCC(=O)N[C@H](C)c2ccc3c(c2)OCCO3)s1. The average Bonchev–Trinajstić information content (AvgIpc) is 3.19. The molecule has 0 fully saturated rings. The number of thioether (sulfide) groups is 1. The Kier molecular flexibility index (Phi) is 8.38. The molecule has 1 aromatic heterocycles. The quantitative estimate of drug-likeness (QED) is 0.408. The Bertz CT molecular complexity index is 802. The first-order valence-electron chi connectivity index (χ1n) is 9.62. The van der Waals surface area contributed by atoms with Crippen molar-refractivity contribution in [2.45, 2.75) is 30.6 Å². The van der Waals surface area contributed by atoms with Crippen LogP contribution in [0.25, 0.3) is 0 Å². The number of carbonyl (C=O) groups excluding carboxylic acids is 1. The molecule has 2 heterocycles. The lowest BCUT2D eigenvalue weighted by Gasteiger charge is -2.21. The molecule has 29 heavy (non-hydrogen) atoms. The topological polar surface area (TPSA) is 94.6 Å². The van der Waals surface area contributed by atoms with Gasteiger partial charge in [0.05, 0.1) is 11.8 Å². The van der Waals surface area contributed by atoms with E-state index in [1.165, 1.54) is 23.1 Å². The molecule has 3 rings (SSSR count). The first-order chi connectivity index (χ1) is 14.2. The van der Waals surface area contributed by atoms with Gasteiger partial charge in [-0.2, -0.15) is 0 Å². The van der Waals surface area contributed by atoms with Crippen LogP contribution in [0.4, 0.5) is 5.13 Å². The van der Waals surface area contributed by atoms with E-state index in [1.54, 1.807) is 0 Å². The predicted octanol–water partition coefficient (Wildman–Crippen LogP) is 3.12. The van der Waals surface area contributed by atoms with E-state index >= 15 is 0 Å². The zero-order chi connectivity index (χ0) is 20.5. The molecule has 10 heteroatoms. The number of nitrogens with zero attached hydrogens (tertiary/aromatic N) is 2. The highest BCUT2D eigenvalue weighted by Gasteiger charge is 2.16. The Morgan fingerprint density at radius 1 is 1.31 bits per heavy atom. The Hall–Kier alpha value is -2.04. The van der Waals surface area contributed by atoms with Crippen LogP contribution < -0.4 is 20.1 Å². The molecule has 0 bridgehead atoms. The van der Waals surface area contributed by atoms with Crippen molar-refractivity contribution < 1.29 is 19.0 Å².